The molecule has 1 aliphatic heterocycles. The number of thiophene rings is 1. The third-order valence-electron chi connectivity index (χ3n) is 3.10. The topological polar surface area (TPSA) is 36.9 Å². The molecule has 0 spiro atoms. The van der Waals surface area contributed by atoms with Crippen molar-refractivity contribution in [3.63, 3.8) is 0 Å². The first kappa shape index (κ1) is 13.6. The van der Waals surface area contributed by atoms with Crippen LogP contribution in [0.25, 0.3) is 0 Å². The molecule has 0 fully saturated rings. The minimum absolute atomic E-state index is 0.237. The van der Waals surface area contributed by atoms with Gasteiger partial charge < -0.3 is 18.9 Å². The highest BCUT2D eigenvalue weighted by molar-refractivity contribution is 7.12. The largest absolute Gasteiger partial charge is 0.488 e. The summed E-state index contributed by atoms with van der Waals surface area (Å²) in [5, 5.41) is 0. The first-order chi connectivity index (χ1) is 8.62. The van der Waals surface area contributed by atoms with E-state index in [1.54, 1.807) is 25.6 Å². The maximum absolute atomic E-state index is 5.95. The Morgan fingerprint density at radius 1 is 1.00 bits per heavy atom. The molecule has 0 aliphatic carbocycles. The Kier molecular flexibility index (Phi) is 4.14. The van der Waals surface area contributed by atoms with Gasteiger partial charge in [0.05, 0.1) is 18.6 Å². The molecule has 1 aromatic heterocycles. The van der Waals surface area contributed by atoms with Crippen molar-refractivity contribution in [1.29, 1.82) is 0 Å². The Labute approximate surface area is 112 Å². The van der Waals surface area contributed by atoms with E-state index in [-0.39, 0.29) is 5.41 Å². The van der Waals surface area contributed by atoms with Gasteiger partial charge in [0.2, 0.25) is 0 Å². The molecule has 0 saturated carbocycles. The predicted molar refractivity (Wildman–Crippen MR) is 71.0 cm³/mol. The monoisotopic (exact) mass is 272 g/mol. The van der Waals surface area contributed by atoms with E-state index in [4.69, 9.17) is 18.9 Å². The molecule has 0 unspecified atom stereocenters. The molecule has 0 atom stereocenters. The van der Waals surface area contributed by atoms with Crippen LogP contribution in [0, 0.1) is 19.3 Å². The Hall–Kier alpha value is -0.780. The minimum Gasteiger partial charge on any atom is -0.488 e. The highest BCUT2D eigenvalue weighted by atomic mass is 32.1. The minimum atomic E-state index is -0.237. The van der Waals surface area contributed by atoms with Crippen molar-refractivity contribution in [1.82, 2.24) is 0 Å². The maximum atomic E-state index is 5.95. The number of methoxy groups -OCH3 is 2. The fraction of sp³-hybridized carbons (Fsp3) is 0.692. The first-order valence-electron chi connectivity index (χ1n) is 5.95. The van der Waals surface area contributed by atoms with Crippen LogP contribution in [0.2, 0.25) is 0 Å². The average molecular weight is 272 g/mol. The molecule has 18 heavy (non-hydrogen) atoms. The Morgan fingerprint density at radius 2 is 1.44 bits per heavy atom. The van der Waals surface area contributed by atoms with Gasteiger partial charge in [0.25, 0.3) is 0 Å². The van der Waals surface area contributed by atoms with Crippen LogP contribution in [-0.4, -0.2) is 40.6 Å². The second-order valence-corrected chi connectivity index (χ2v) is 6.24. The number of aryl methyl sites for hydroxylation is 2. The Morgan fingerprint density at radius 3 is 1.83 bits per heavy atom. The van der Waals surface area contributed by atoms with E-state index in [9.17, 15) is 0 Å². The van der Waals surface area contributed by atoms with Gasteiger partial charge in [-0.25, -0.2) is 0 Å². The second kappa shape index (κ2) is 5.47. The lowest BCUT2D eigenvalue weighted by Crippen LogP contribution is -2.42. The fourth-order valence-corrected chi connectivity index (χ4v) is 3.24. The van der Waals surface area contributed by atoms with Crippen molar-refractivity contribution in [2.45, 2.75) is 13.8 Å². The van der Waals surface area contributed by atoms with Gasteiger partial charge in [0.1, 0.15) is 13.2 Å². The lowest BCUT2D eigenvalue weighted by atomic mass is 9.92. The highest BCUT2D eigenvalue weighted by Crippen LogP contribution is 2.44. The summed E-state index contributed by atoms with van der Waals surface area (Å²) in [6.07, 6.45) is 0. The Balaban J connectivity index is 2.22. The van der Waals surface area contributed by atoms with Gasteiger partial charge in [-0.05, 0) is 13.8 Å². The molecule has 1 aromatic rings. The quantitative estimate of drug-likeness (QED) is 0.843. The fourth-order valence-electron chi connectivity index (χ4n) is 2.29. The van der Waals surface area contributed by atoms with E-state index < -0.39 is 0 Å². The van der Waals surface area contributed by atoms with Crippen LogP contribution in [0.15, 0.2) is 0 Å². The molecule has 1 aliphatic rings. The molecular formula is C13H20O4S. The van der Waals surface area contributed by atoms with E-state index in [1.807, 2.05) is 0 Å². The number of hydrogen-bond acceptors (Lipinski definition) is 5. The van der Waals surface area contributed by atoms with Gasteiger partial charge in [-0.2, -0.15) is 0 Å². The van der Waals surface area contributed by atoms with E-state index >= 15 is 0 Å². The zero-order valence-corrected chi connectivity index (χ0v) is 12.2. The van der Waals surface area contributed by atoms with Crippen molar-refractivity contribution >= 4 is 11.3 Å². The van der Waals surface area contributed by atoms with Crippen LogP contribution in [0.3, 0.4) is 0 Å². The molecule has 0 N–H and O–H groups in total. The van der Waals surface area contributed by atoms with E-state index in [2.05, 4.69) is 13.8 Å². The predicted octanol–water partition coefficient (Wildman–Crippen LogP) is 2.42. The zero-order valence-electron chi connectivity index (χ0n) is 11.4. The summed E-state index contributed by atoms with van der Waals surface area (Å²) < 4.78 is 22.5. The van der Waals surface area contributed by atoms with Gasteiger partial charge in [0, 0.05) is 24.0 Å². The molecule has 0 saturated heterocycles. The smallest absolute Gasteiger partial charge is 0.175 e. The summed E-state index contributed by atoms with van der Waals surface area (Å²) in [4.78, 5) is 2.32. The number of rotatable bonds is 4. The average Bonchev–Trinajstić information content (AvgIpc) is 2.49. The van der Waals surface area contributed by atoms with E-state index in [0.29, 0.717) is 26.4 Å². The van der Waals surface area contributed by atoms with Crippen LogP contribution >= 0.6 is 11.3 Å². The van der Waals surface area contributed by atoms with Crippen molar-refractivity contribution in [3.8, 4) is 11.5 Å². The molecule has 0 amide bonds. The van der Waals surface area contributed by atoms with Crippen LogP contribution in [0.4, 0.5) is 0 Å². The number of fused-ring (bicyclic) bond motifs is 1. The lowest BCUT2D eigenvalue weighted by molar-refractivity contribution is -0.0361. The van der Waals surface area contributed by atoms with Crippen molar-refractivity contribution in [3.05, 3.63) is 9.75 Å². The summed E-state index contributed by atoms with van der Waals surface area (Å²) in [6, 6.07) is 0. The third kappa shape index (κ3) is 2.48. The Bertz CT molecular complexity index is 377. The molecule has 0 radical (unpaired) electrons. The normalized spacial score (nSPS) is 17.6. The number of ether oxygens (including phenoxy) is 4. The van der Waals surface area contributed by atoms with Gasteiger partial charge in [-0.3, -0.25) is 0 Å². The van der Waals surface area contributed by atoms with Crippen molar-refractivity contribution in [2.75, 3.05) is 40.6 Å². The van der Waals surface area contributed by atoms with Crippen molar-refractivity contribution < 1.29 is 18.9 Å². The molecule has 2 heterocycles. The van der Waals surface area contributed by atoms with E-state index in [1.165, 1.54) is 0 Å². The van der Waals surface area contributed by atoms with Crippen LogP contribution in [0.5, 0.6) is 11.5 Å². The van der Waals surface area contributed by atoms with Crippen molar-refractivity contribution in [2.24, 2.45) is 5.41 Å². The van der Waals surface area contributed by atoms with Crippen LogP contribution in [0.1, 0.15) is 9.75 Å². The second-order valence-electron chi connectivity index (χ2n) is 4.82. The van der Waals surface area contributed by atoms with Gasteiger partial charge in [-0.1, -0.05) is 0 Å². The van der Waals surface area contributed by atoms with E-state index in [0.717, 1.165) is 21.3 Å². The molecule has 5 heteroatoms. The van der Waals surface area contributed by atoms with Gasteiger partial charge >= 0.3 is 0 Å². The zero-order chi connectivity index (χ0) is 13.2. The summed E-state index contributed by atoms with van der Waals surface area (Å²) in [5.41, 5.74) is -0.237. The van der Waals surface area contributed by atoms with Gasteiger partial charge in [-0.15, -0.1) is 11.3 Å². The summed E-state index contributed by atoms with van der Waals surface area (Å²) >= 11 is 1.71. The molecule has 102 valence electrons. The summed E-state index contributed by atoms with van der Waals surface area (Å²) in [6.45, 7) is 6.34. The summed E-state index contributed by atoms with van der Waals surface area (Å²) in [5.74, 6) is 1.76. The summed E-state index contributed by atoms with van der Waals surface area (Å²) in [7, 11) is 3.38. The molecule has 0 bridgehead atoms. The molecule has 4 nitrogen and oxygen atoms in total. The molecule has 0 aromatic carbocycles. The first-order valence-corrected chi connectivity index (χ1v) is 6.77. The lowest BCUT2D eigenvalue weighted by Gasteiger charge is -2.29. The molecule has 2 rings (SSSR count). The number of hydrogen-bond donors (Lipinski definition) is 0. The van der Waals surface area contributed by atoms with Crippen LogP contribution in [-0.2, 0) is 9.47 Å². The van der Waals surface area contributed by atoms with Gasteiger partial charge in [0.15, 0.2) is 11.5 Å². The maximum Gasteiger partial charge on any atom is 0.175 e. The van der Waals surface area contributed by atoms with Crippen LogP contribution < -0.4 is 9.47 Å². The third-order valence-corrected chi connectivity index (χ3v) is 4.08. The highest BCUT2D eigenvalue weighted by Gasteiger charge is 2.37. The SMILES string of the molecule is COCC1(COC)COc2c(C)sc(C)c2OC1. The standard InChI is InChI=1S/C13H20O4S/c1-9-11-12(10(2)18-9)17-8-13(5-14-3,6-15-4)7-16-11/h5-8H2,1-4H3. The molecular weight excluding hydrogens is 252 g/mol.